The zero-order valence-electron chi connectivity index (χ0n) is 10.7. The van der Waals surface area contributed by atoms with Gasteiger partial charge in [-0.1, -0.05) is 30.3 Å². The van der Waals surface area contributed by atoms with Gasteiger partial charge in [-0.05, 0) is 27.9 Å². The lowest BCUT2D eigenvalue weighted by molar-refractivity contribution is 0.852. The third kappa shape index (κ3) is 3.65. The Bertz CT molecular complexity index is 532. The van der Waals surface area contributed by atoms with E-state index < -0.39 is 0 Å². The fourth-order valence-electron chi connectivity index (χ4n) is 1.74. The van der Waals surface area contributed by atoms with E-state index in [9.17, 15) is 0 Å². The molecule has 1 heterocycles. The highest BCUT2D eigenvalue weighted by molar-refractivity contribution is 9.10. The minimum absolute atomic E-state index is 0.407. The summed E-state index contributed by atoms with van der Waals surface area (Å²) >= 11 is 3.45. The zero-order chi connectivity index (χ0) is 13.7. The molecule has 0 bridgehead atoms. The number of aromatic nitrogens is 2. The number of anilines is 2. The Morgan fingerprint density at radius 3 is 2.74 bits per heavy atom. The normalized spacial score (nSPS) is 10.3. The number of benzene rings is 1. The van der Waals surface area contributed by atoms with E-state index in [4.69, 9.17) is 5.84 Å². The molecule has 100 valence electrons. The van der Waals surface area contributed by atoms with Crippen LogP contribution in [-0.4, -0.2) is 23.6 Å². The van der Waals surface area contributed by atoms with Crippen molar-refractivity contribution in [2.75, 3.05) is 23.9 Å². The zero-order valence-corrected chi connectivity index (χ0v) is 12.3. The molecule has 0 fully saturated rings. The van der Waals surface area contributed by atoms with Gasteiger partial charge in [-0.25, -0.2) is 10.8 Å². The van der Waals surface area contributed by atoms with Crippen LogP contribution in [0.2, 0.25) is 0 Å². The number of nitrogens with one attached hydrogen (secondary N) is 1. The SMILES string of the molecule is CN(CCc1ccccc1)c1nc(NN)ncc1Br. The molecule has 0 amide bonds. The molecular weight excluding hydrogens is 306 g/mol. The third-order valence-electron chi connectivity index (χ3n) is 2.79. The maximum Gasteiger partial charge on any atom is 0.239 e. The molecule has 2 rings (SSSR count). The van der Waals surface area contributed by atoms with Crippen LogP contribution in [0, 0.1) is 0 Å². The van der Waals surface area contributed by atoms with Crippen molar-refractivity contribution >= 4 is 27.7 Å². The molecule has 1 aromatic carbocycles. The molecule has 0 saturated carbocycles. The number of hydrogen-bond donors (Lipinski definition) is 2. The molecule has 0 spiro atoms. The Morgan fingerprint density at radius 1 is 1.32 bits per heavy atom. The van der Waals surface area contributed by atoms with Crippen molar-refractivity contribution in [3.05, 3.63) is 46.6 Å². The first kappa shape index (κ1) is 13.8. The van der Waals surface area contributed by atoms with Crippen LogP contribution < -0.4 is 16.2 Å². The number of hydrazine groups is 1. The monoisotopic (exact) mass is 321 g/mol. The molecule has 0 radical (unpaired) electrons. The lowest BCUT2D eigenvalue weighted by atomic mass is 10.1. The minimum atomic E-state index is 0.407. The van der Waals surface area contributed by atoms with Gasteiger partial charge in [0.25, 0.3) is 0 Å². The van der Waals surface area contributed by atoms with E-state index in [0.717, 1.165) is 23.3 Å². The maximum atomic E-state index is 5.33. The molecule has 5 nitrogen and oxygen atoms in total. The van der Waals surface area contributed by atoms with Crippen molar-refractivity contribution in [3.8, 4) is 0 Å². The lowest BCUT2D eigenvalue weighted by Gasteiger charge is -2.19. The predicted molar refractivity (Wildman–Crippen MR) is 81.0 cm³/mol. The van der Waals surface area contributed by atoms with Crippen LogP contribution in [-0.2, 0) is 6.42 Å². The summed E-state index contributed by atoms with van der Waals surface area (Å²) in [6.45, 7) is 0.865. The van der Waals surface area contributed by atoms with Crippen LogP contribution in [0.15, 0.2) is 41.0 Å². The van der Waals surface area contributed by atoms with Crippen LogP contribution in [0.1, 0.15) is 5.56 Å². The van der Waals surface area contributed by atoms with Crippen LogP contribution in [0.25, 0.3) is 0 Å². The van der Waals surface area contributed by atoms with E-state index in [1.54, 1.807) is 6.20 Å². The Balaban J connectivity index is 2.05. The summed E-state index contributed by atoms with van der Waals surface area (Å²) in [7, 11) is 2.00. The molecule has 0 atom stereocenters. The van der Waals surface area contributed by atoms with Crippen molar-refractivity contribution in [3.63, 3.8) is 0 Å². The highest BCUT2D eigenvalue weighted by atomic mass is 79.9. The molecule has 19 heavy (non-hydrogen) atoms. The van der Waals surface area contributed by atoms with Crippen molar-refractivity contribution in [1.82, 2.24) is 9.97 Å². The Labute approximate surface area is 121 Å². The van der Waals surface area contributed by atoms with Crippen molar-refractivity contribution in [1.29, 1.82) is 0 Å². The number of nitrogen functional groups attached to an aromatic ring is 1. The predicted octanol–water partition coefficient (Wildman–Crippen LogP) is 2.20. The molecular formula is C13H16BrN5. The van der Waals surface area contributed by atoms with Gasteiger partial charge < -0.3 is 4.90 Å². The second-order valence-electron chi connectivity index (χ2n) is 4.17. The number of nitrogens with zero attached hydrogens (tertiary/aromatic N) is 3. The first-order valence-corrected chi connectivity index (χ1v) is 6.74. The van der Waals surface area contributed by atoms with Gasteiger partial charge in [-0.15, -0.1) is 0 Å². The molecule has 2 aromatic rings. The second-order valence-corrected chi connectivity index (χ2v) is 5.02. The smallest absolute Gasteiger partial charge is 0.239 e. The van der Waals surface area contributed by atoms with Crippen LogP contribution in [0.5, 0.6) is 0 Å². The number of nitrogens with two attached hydrogens (primary N) is 1. The van der Waals surface area contributed by atoms with E-state index in [1.165, 1.54) is 5.56 Å². The van der Waals surface area contributed by atoms with Gasteiger partial charge in [0.1, 0.15) is 5.82 Å². The minimum Gasteiger partial charge on any atom is -0.358 e. The molecule has 0 aliphatic carbocycles. The molecule has 0 aliphatic heterocycles. The van der Waals surface area contributed by atoms with Crippen molar-refractivity contribution in [2.24, 2.45) is 5.84 Å². The van der Waals surface area contributed by atoms with Crippen molar-refractivity contribution in [2.45, 2.75) is 6.42 Å². The van der Waals surface area contributed by atoms with Crippen LogP contribution >= 0.6 is 15.9 Å². The van der Waals surface area contributed by atoms with Gasteiger partial charge >= 0.3 is 0 Å². The topological polar surface area (TPSA) is 67.1 Å². The summed E-state index contributed by atoms with van der Waals surface area (Å²) in [6, 6.07) is 10.4. The summed E-state index contributed by atoms with van der Waals surface area (Å²) in [5, 5.41) is 0. The molecule has 6 heteroatoms. The summed E-state index contributed by atoms with van der Waals surface area (Å²) < 4.78 is 0.849. The van der Waals surface area contributed by atoms with Gasteiger partial charge in [0.05, 0.1) is 4.47 Å². The number of halogens is 1. The van der Waals surface area contributed by atoms with E-state index in [1.807, 2.05) is 25.2 Å². The lowest BCUT2D eigenvalue weighted by Crippen LogP contribution is -2.23. The third-order valence-corrected chi connectivity index (χ3v) is 3.35. The molecule has 0 unspecified atom stereocenters. The second kappa shape index (κ2) is 6.49. The quantitative estimate of drug-likeness (QED) is 0.652. The summed E-state index contributed by atoms with van der Waals surface area (Å²) in [6.07, 6.45) is 2.65. The molecule has 1 aromatic heterocycles. The first-order chi connectivity index (χ1) is 9.20. The summed E-state index contributed by atoms with van der Waals surface area (Å²) in [4.78, 5) is 10.4. The number of rotatable bonds is 5. The maximum absolute atomic E-state index is 5.33. The van der Waals surface area contributed by atoms with Crippen LogP contribution in [0.4, 0.5) is 11.8 Å². The highest BCUT2D eigenvalue weighted by Gasteiger charge is 2.09. The average Bonchev–Trinajstić information content (AvgIpc) is 2.46. The Morgan fingerprint density at radius 2 is 2.05 bits per heavy atom. The summed E-state index contributed by atoms with van der Waals surface area (Å²) in [5.41, 5.74) is 3.76. The van der Waals surface area contributed by atoms with E-state index in [0.29, 0.717) is 5.95 Å². The fraction of sp³-hybridized carbons (Fsp3) is 0.231. The fourth-order valence-corrected chi connectivity index (χ4v) is 2.24. The molecule has 0 aliphatic rings. The number of likely N-dealkylation sites (N-methyl/N-ethyl adjacent to an activating group) is 1. The van der Waals surface area contributed by atoms with E-state index in [-0.39, 0.29) is 0 Å². The summed E-state index contributed by atoms with van der Waals surface area (Å²) in [5.74, 6) is 6.55. The largest absolute Gasteiger partial charge is 0.358 e. The van der Waals surface area contributed by atoms with Gasteiger partial charge in [0.2, 0.25) is 5.95 Å². The molecule has 0 saturated heterocycles. The van der Waals surface area contributed by atoms with E-state index >= 15 is 0 Å². The number of hydrogen-bond acceptors (Lipinski definition) is 5. The van der Waals surface area contributed by atoms with Gasteiger partial charge in [0, 0.05) is 19.8 Å². The van der Waals surface area contributed by atoms with Gasteiger partial charge in [-0.2, -0.15) is 4.98 Å². The Hall–Kier alpha value is -1.66. The van der Waals surface area contributed by atoms with E-state index in [2.05, 4.69) is 48.4 Å². The van der Waals surface area contributed by atoms with Crippen molar-refractivity contribution < 1.29 is 0 Å². The van der Waals surface area contributed by atoms with Gasteiger partial charge in [-0.3, -0.25) is 5.43 Å². The van der Waals surface area contributed by atoms with Gasteiger partial charge in [0.15, 0.2) is 0 Å². The van der Waals surface area contributed by atoms with Crippen LogP contribution in [0.3, 0.4) is 0 Å². The highest BCUT2D eigenvalue weighted by Crippen LogP contribution is 2.23. The molecule has 3 N–H and O–H groups in total. The first-order valence-electron chi connectivity index (χ1n) is 5.95. The standard InChI is InChI=1S/C13H16BrN5/c1-19(8-7-10-5-3-2-4-6-10)12-11(14)9-16-13(17-12)18-15/h2-6,9H,7-8,15H2,1H3,(H,16,17,18). The average molecular weight is 322 g/mol. The Kier molecular flexibility index (Phi) is 4.70.